The van der Waals surface area contributed by atoms with Crippen LogP contribution in [0.15, 0.2) is 144 Å². The number of rotatable bonds is 4. The first kappa shape index (κ1) is 25.3. The molecule has 0 aliphatic carbocycles. The monoisotopic (exact) mass is 555 g/mol. The SMILES string of the molecule is CC1(C)c2ccccc2N(c2ccc(-c3ccc(C(=O)c4ccccc4)cc3)cc2)c2cc3oc4ccccc4c3cc21. The average Bonchev–Trinajstić information content (AvgIpc) is 3.42. The molecule has 0 saturated carbocycles. The summed E-state index contributed by atoms with van der Waals surface area (Å²) in [6, 6.07) is 47.5. The van der Waals surface area contributed by atoms with Crippen LogP contribution in [0.1, 0.15) is 40.9 Å². The number of nitrogens with zero attached hydrogens (tertiary/aromatic N) is 1. The Morgan fingerprint density at radius 2 is 1.19 bits per heavy atom. The van der Waals surface area contributed by atoms with E-state index in [0.29, 0.717) is 11.1 Å². The molecule has 0 fully saturated rings. The highest BCUT2D eigenvalue weighted by Gasteiger charge is 2.37. The van der Waals surface area contributed by atoms with Crippen molar-refractivity contribution in [2.75, 3.05) is 4.90 Å². The zero-order chi connectivity index (χ0) is 29.1. The van der Waals surface area contributed by atoms with Gasteiger partial charge in [-0.1, -0.05) is 117 Å². The van der Waals surface area contributed by atoms with E-state index in [1.54, 1.807) is 0 Å². The summed E-state index contributed by atoms with van der Waals surface area (Å²) >= 11 is 0. The zero-order valence-corrected chi connectivity index (χ0v) is 24.0. The van der Waals surface area contributed by atoms with Gasteiger partial charge in [0.15, 0.2) is 5.78 Å². The third-order valence-corrected chi connectivity index (χ3v) is 8.87. The van der Waals surface area contributed by atoms with Gasteiger partial charge in [0.25, 0.3) is 0 Å². The Kier molecular flexibility index (Phi) is 5.63. The smallest absolute Gasteiger partial charge is 0.193 e. The van der Waals surface area contributed by atoms with Crippen LogP contribution in [0, 0.1) is 0 Å². The highest BCUT2D eigenvalue weighted by atomic mass is 16.3. The molecule has 1 aromatic heterocycles. The number of para-hydroxylation sites is 2. The van der Waals surface area contributed by atoms with Crippen molar-refractivity contribution >= 4 is 44.8 Å². The molecular weight excluding hydrogens is 526 g/mol. The Hall–Kier alpha value is -5.41. The van der Waals surface area contributed by atoms with Gasteiger partial charge < -0.3 is 9.32 Å². The predicted molar refractivity (Wildman–Crippen MR) is 176 cm³/mol. The van der Waals surface area contributed by atoms with Crippen LogP contribution in [-0.2, 0) is 5.41 Å². The van der Waals surface area contributed by atoms with Gasteiger partial charge in [-0.2, -0.15) is 0 Å². The highest BCUT2D eigenvalue weighted by Crippen LogP contribution is 2.53. The van der Waals surface area contributed by atoms with E-state index in [-0.39, 0.29) is 11.2 Å². The molecule has 206 valence electrons. The van der Waals surface area contributed by atoms with Gasteiger partial charge in [-0.15, -0.1) is 0 Å². The van der Waals surface area contributed by atoms with Crippen LogP contribution in [-0.4, -0.2) is 5.78 Å². The lowest BCUT2D eigenvalue weighted by atomic mass is 9.73. The van der Waals surface area contributed by atoms with Gasteiger partial charge >= 0.3 is 0 Å². The highest BCUT2D eigenvalue weighted by molar-refractivity contribution is 6.09. The van der Waals surface area contributed by atoms with Crippen molar-refractivity contribution in [2.24, 2.45) is 0 Å². The number of carbonyl (C=O) groups excluding carboxylic acids is 1. The molecule has 0 atom stereocenters. The molecule has 7 aromatic rings. The van der Waals surface area contributed by atoms with Gasteiger partial charge in [-0.25, -0.2) is 0 Å². The maximum Gasteiger partial charge on any atom is 0.193 e. The normalized spacial score (nSPS) is 13.6. The summed E-state index contributed by atoms with van der Waals surface area (Å²) in [6.07, 6.45) is 0. The molecule has 43 heavy (non-hydrogen) atoms. The minimum atomic E-state index is -0.187. The molecule has 0 bridgehead atoms. The maximum atomic E-state index is 12.9. The molecule has 6 aromatic carbocycles. The molecular formula is C40H29NO2. The predicted octanol–water partition coefficient (Wildman–Crippen LogP) is 10.6. The summed E-state index contributed by atoms with van der Waals surface area (Å²) in [7, 11) is 0. The fourth-order valence-electron chi connectivity index (χ4n) is 6.57. The molecule has 1 aliphatic rings. The number of hydrogen-bond acceptors (Lipinski definition) is 3. The van der Waals surface area contributed by atoms with Crippen LogP contribution in [0.5, 0.6) is 0 Å². The second-order valence-corrected chi connectivity index (χ2v) is 11.8. The molecule has 3 nitrogen and oxygen atoms in total. The average molecular weight is 556 g/mol. The largest absolute Gasteiger partial charge is 0.456 e. The Morgan fingerprint density at radius 3 is 1.95 bits per heavy atom. The summed E-state index contributed by atoms with van der Waals surface area (Å²) in [6.45, 7) is 4.62. The van der Waals surface area contributed by atoms with Crippen molar-refractivity contribution in [2.45, 2.75) is 19.3 Å². The summed E-state index contributed by atoms with van der Waals surface area (Å²) in [5, 5.41) is 2.29. The van der Waals surface area contributed by atoms with Crippen LogP contribution < -0.4 is 4.90 Å². The van der Waals surface area contributed by atoms with Crippen LogP contribution >= 0.6 is 0 Å². The molecule has 0 radical (unpaired) electrons. The van der Waals surface area contributed by atoms with Gasteiger partial charge in [0.05, 0.1) is 11.4 Å². The van der Waals surface area contributed by atoms with Gasteiger partial charge in [-0.3, -0.25) is 4.79 Å². The van der Waals surface area contributed by atoms with E-state index in [1.807, 2.05) is 66.7 Å². The Balaban J connectivity index is 1.20. The quantitative estimate of drug-likeness (QED) is 0.203. The van der Waals surface area contributed by atoms with Crippen molar-refractivity contribution < 1.29 is 9.21 Å². The summed E-state index contributed by atoms with van der Waals surface area (Å²) in [5.74, 6) is 0.0337. The van der Waals surface area contributed by atoms with Crippen LogP contribution in [0.3, 0.4) is 0 Å². The van der Waals surface area contributed by atoms with E-state index < -0.39 is 0 Å². The first-order valence-electron chi connectivity index (χ1n) is 14.6. The fraction of sp³-hybridized carbons (Fsp3) is 0.0750. The fourth-order valence-corrected chi connectivity index (χ4v) is 6.57. The Labute approximate surface area is 250 Å². The van der Waals surface area contributed by atoms with Crippen molar-refractivity contribution in [3.8, 4) is 11.1 Å². The first-order chi connectivity index (χ1) is 21.0. The molecule has 1 aliphatic heterocycles. The van der Waals surface area contributed by atoms with Crippen LogP contribution in [0.2, 0.25) is 0 Å². The van der Waals surface area contributed by atoms with Crippen molar-refractivity contribution in [3.05, 3.63) is 162 Å². The molecule has 3 heteroatoms. The molecule has 0 spiro atoms. The second-order valence-electron chi connectivity index (χ2n) is 11.8. The first-order valence-corrected chi connectivity index (χ1v) is 14.6. The topological polar surface area (TPSA) is 33.5 Å². The Morgan fingerprint density at radius 1 is 0.558 bits per heavy atom. The molecule has 0 unspecified atom stereocenters. The maximum absolute atomic E-state index is 12.9. The summed E-state index contributed by atoms with van der Waals surface area (Å²) < 4.78 is 6.34. The zero-order valence-electron chi connectivity index (χ0n) is 24.0. The van der Waals surface area contributed by atoms with Gasteiger partial charge in [0, 0.05) is 39.1 Å². The van der Waals surface area contributed by atoms with E-state index in [1.165, 1.54) is 16.8 Å². The number of ketones is 1. The van der Waals surface area contributed by atoms with Crippen LogP contribution in [0.4, 0.5) is 17.1 Å². The molecule has 0 N–H and O–H groups in total. The van der Waals surface area contributed by atoms with E-state index in [2.05, 4.69) is 91.5 Å². The van der Waals surface area contributed by atoms with E-state index in [0.717, 1.165) is 44.4 Å². The lowest BCUT2D eigenvalue weighted by Gasteiger charge is -2.42. The molecule has 0 amide bonds. The third kappa shape index (κ3) is 4.00. The third-order valence-electron chi connectivity index (χ3n) is 8.87. The van der Waals surface area contributed by atoms with E-state index >= 15 is 0 Å². The lowest BCUT2D eigenvalue weighted by Crippen LogP contribution is -2.30. The lowest BCUT2D eigenvalue weighted by molar-refractivity contribution is 0.103. The standard InChI is InChI=1S/C40H29NO2/c1-40(2)33-13-7-8-14-35(33)41(36-25-38-32(24-34(36)40)31-12-6-9-15-37(31)43-38)30-22-20-27(21-23-30)26-16-18-29(19-17-26)39(42)28-10-4-3-5-11-28/h3-25H,1-2H3. The summed E-state index contributed by atoms with van der Waals surface area (Å²) in [4.78, 5) is 15.2. The summed E-state index contributed by atoms with van der Waals surface area (Å²) in [5.41, 5.74) is 11.1. The van der Waals surface area contributed by atoms with Crippen LogP contribution in [0.25, 0.3) is 33.1 Å². The number of anilines is 3. The number of furan rings is 1. The van der Waals surface area contributed by atoms with E-state index in [4.69, 9.17) is 4.42 Å². The molecule has 2 heterocycles. The van der Waals surface area contributed by atoms with Gasteiger partial charge in [0.2, 0.25) is 0 Å². The van der Waals surface area contributed by atoms with Crippen molar-refractivity contribution in [1.29, 1.82) is 0 Å². The number of carbonyl (C=O) groups is 1. The van der Waals surface area contributed by atoms with Gasteiger partial charge in [0.1, 0.15) is 11.2 Å². The second kappa shape index (κ2) is 9.57. The van der Waals surface area contributed by atoms with Crippen molar-refractivity contribution in [1.82, 2.24) is 0 Å². The molecule has 0 saturated heterocycles. The number of benzene rings is 6. The number of fused-ring (bicyclic) bond motifs is 5. The number of hydrogen-bond donors (Lipinski definition) is 0. The minimum absolute atomic E-state index is 0.0337. The van der Waals surface area contributed by atoms with Gasteiger partial charge in [-0.05, 0) is 52.6 Å². The molecule has 8 rings (SSSR count). The van der Waals surface area contributed by atoms with Crippen molar-refractivity contribution in [3.63, 3.8) is 0 Å². The minimum Gasteiger partial charge on any atom is -0.456 e. The van der Waals surface area contributed by atoms with E-state index in [9.17, 15) is 4.79 Å². The Bertz CT molecular complexity index is 2150.